The van der Waals surface area contributed by atoms with E-state index in [1.54, 1.807) is 0 Å². The van der Waals surface area contributed by atoms with Gasteiger partial charge in [-0.2, -0.15) is 0 Å². The Balaban J connectivity index is -0.000000125. The van der Waals surface area contributed by atoms with Gasteiger partial charge in [-0.1, -0.05) is 20.8 Å². The molecule has 0 spiro atoms. The molecule has 0 fully saturated rings. The van der Waals surface area contributed by atoms with E-state index in [2.05, 4.69) is 0 Å². The summed E-state index contributed by atoms with van der Waals surface area (Å²) in [7, 11) is 0. The van der Waals surface area contributed by atoms with E-state index < -0.39 is 0 Å². The first-order valence-corrected chi connectivity index (χ1v) is 2.17. The quantitative estimate of drug-likeness (QED) is 0.351. The van der Waals surface area contributed by atoms with Gasteiger partial charge in [-0.15, -0.1) is 0 Å². The van der Waals surface area contributed by atoms with E-state index in [9.17, 15) is 0 Å². The zero-order valence-electron chi connectivity index (χ0n) is 6.65. The summed E-state index contributed by atoms with van der Waals surface area (Å²) in [5.41, 5.74) is 0.0972. The van der Waals surface area contributed by atoms with Crippen LogP contribution in [0, 0.1) is 5.41 Å². The molecule has 0 amide bonds. The summed E-state index contributed by atoms with van der Waals surface area (Å²) in [4.78, 5) is 0. The molecule has 0 unspecified atom stereocenters. The Labute approximate surface area is 58.8 Å². The van der Waals surface area contributed by atoms with Crippen LogP contribution in [0.5, 0.6) is 0 Å². The standard InChI is InChI=1S/C5H12O.Li.H/c1-5(2,3)4-6;;/h6H,4H2,1-3H3;;/q;+1;-1. The van der Waals surface area contributed by atoms with E-state index in [1.807, 2.05) is 20.8 Å². The predicted octanol–water partition coefficient (Wildman–Crippen LogP) is -1.86. The molecule has 0 saturated heterocycles. The maximum atomic E-state index is 8.40. The molecule has 0 heterocycles. The van der Waals surface area contributed by atoms with E-state index >= 15 is 0 Å². The second kappa shape index (κ2) is 3.55. The maximum Gasteiger partial charge on any atom is 1.00 e. The minimum atomic E-state index is 0. The molecule has 7 heavy (non-hydrogen) atoms. The van der Waals surface area contributed by atoms with Crippen LogP contribution in [0.1, 0.15) is 22.2 Å². The second-order valence-corrected chi connectivity index (χ2v) is 2.72. The Morgan fingerprint density at radius 1 is 1.43 bits per heavy atom. The van der Waals surface area contributed by atoms with Gasteiger partial charge in [0, 0.05) is 6.61 Å². The molecule has 0 aromatic carbocycles. The van der Waals surface area contributed by atoms with Crippen LogP contribution in [0.3, 0.4) is 0 Å². The second-order valence-electron chi connectivity index (χ2n) is 2.72. The SMILES string of the molecule is CC(C)(C)CO.[H-].[Li+]. The summed E-state index contributed by atoms with van der Waals surface area (Å²) in [6, 6.07) is 0. The Morgan fingerprint density at radius 2 is 1.57 bits per heavy atom. The van der Waals surface area contributed by atoms with Crippen molar-refractivity contribution in [1.82, 2.24) is 0 Å². The van der Waals surface area contributed by atoms with E-state index in [-0.39, 0.29) is 32.3 Å². The average Bonchev–Trinajstić information content (AvgIpc) is 1.35. The van der Waals surface area contributed by atoms with Crippen molar-refractivity contribution in [3.63, 3.8) is 0 Å². The zero-order valence-corrected chi connectivity index (χ0v) is 5.65. The van der Waals surface area contributed by atoms with Crippen molar-refractivity contribution >= 4 is 0 Å². The maximum absolute atomic E-state index is 8.40. The molecule has 0 radical (unpaired) electrons. The largest absolute Gasteiger partial charge is 1.00 e. The van der Waals surface area contributed by atoms with Gasteiger partial charge >= 0.3 is 18.9 Å². The molecule has 0 aromatic heterocycles. The molecule has 0 saturated carbocycles. The number of rotatable bonds is 0. The first-order valence-electron chi connectivity index (χ1n) is 2.17. The van der Waals surface area contributed by atoms with Crippen LogP contribution in [0.15, 0.2) is 0 Å². The van der Waals surface area contributed by atoms with Gasteiger partial charge in [0.15, 0.2) is 0 Å². The molecule has 1 nitrogen and oxygen atoms in total. The third-order valence-corrected chi connectivity index (χ3v) is 0.474. The molecule has 0 aliphatic carbocycles. The van der Waals surface area contributed by atoms with E-state index in [1.165, 1.54) is 0 Å². The van der Waals surface area contributed by atoms with Crippen LogP contribution >= 0.6 is 0 Å². The van der Waals surface area contributed by atoms with Crippen molar-refractivity contribution in [3.05, 3.63) is 0 Å². The number of aliphatic hydroxyl groups excluding tert-OH is 1. The number of hydrogen-bond donors (Lipinski definition) is 1. The minimum absolute atomic E-state index is 0. The Hall–Kier alpha value is 0.557. The fraction of sp³-hybridized carbons (Fsp3) is 1.00. The molecular weight excluding hydrogens is 83.0 g/mol. The molecule has 1 N–H and O–H groups in total. The van der Waals surface area contributed by atoms with Gasteiger partial charge < -0.3 is 6.53 Å². The van der Waals surface area contributed by atoms with E-state index in [4.69, 9.17) is 5.11 Å². The first kappa shape index (κ1) is 10.5. The molecule has 0 atom stereocenters. The summed E-state index contributed by atoms with van der Waals surface area (Å²) < 4.78 is 0. The molecule has 2 heteroatoms. The van der Waals surface area contributed by atoms with Crippen molar-refractivity contribution in [2.24, 2.45) is 5.41 Å². The average molecular weight is 96.1 g/mol. The van der Waals surface area contributed by atoms with Gasteiger partial charge in [0.2, 0.25) is 0 Å². The molecule has 0 aromatic rings. The summed E-state index contributed by atoms with van der Waals surface area (Å²) >= 11 is 0. The molecule has 0 aliphatic heterocycles. The summed E-state index contributed by atoms with van der Waals surface area (Å²) in [5, 5.41) is 8.40. The van der Waals surface area contributed by atoms with E-state index in [0.717, 1.165) is 0 Å². The molecular formula is C5H13LiO. The Bertz CT molecular complexity index is 42.2. The van der Waals surface area contributed by atoms with Crippen LogP contribution in [-0.2, 0) is 0 Å². The smallest absolute Gasteiger partial charge is 1.00 e. The van der Waals surface area contributed by atoms with Crippen LogP contribution in [0.25, 0.3) is 0 Å². The first-order chi connectivity index (χ1) is 2.56. The summed E-state index contributed by atoms with van der Waals surface area (Å²) in [6.07, 6.45) is 0. The van der Waals surface area contributed by atoms with Gasteiger partial charge in [-0.05, 0) is 5.41 Å². The van der Waals surface area contributed by atoms with Gasteiger partial charge in [-0.25, -0.2) is 0 Å². The van der Waals surface area contributed by atoms with Crippen LogP contribution in [0.4, 0.5) is 0 Å². The zero-order chi connectivity index (χ0) is 5.21. The van der Waals surface area contributed by atoms with Crippen molar-refractivity contribution in [1.29, 1.82) is 0 Å². The normalized spacial score (nSPS) is 10.3. The fourth-order valence-corrected chi connectivity index (χ4v) is 0. The van der Waals surface area contributed by atoms with Crippen molar-refractivity contribution in [2.75, 3.05) is 6.61 Å². The molecule has 40 valence electrons. The minimum Gasteiger partial charge on any atom is -1.00 e. The Morgan fingerprint density at radius 3 is 1.57 bits per heavy atom. The summed E-state index contributed by atoms with van der Waals surface area (Å²) in [6.45, 7) is 6.25. The van der Waals surface area contributed by atoms with Crippen LogP contribution in [-0.4, -0.2) is 11.7 Å². The number of aliphatic hydroxyl groups is 1. The van der Waals surface area contributed by atoms with Gasteiger partial charge in [0.1, 0.15) is 0 Å². The third-order valence-electron chi connectivity index (χ3n) is 0.474. The Kier molecular flexibility index (Phi) is 5.33. The van der Waals surface area contributed by atoms with Crippen molar-refractivity contribution < 1.29 is 25.4 Å². The number of hydrogen-bond acceptors (Lipinski definition) is 1. The predicted molar refractivity (Wildman–Crippen MR) is 27.7 cm³/mol. The van der Waals surface area contributed by atoms with Crippen molar-refractivity contribution in [3.8, 4) is 0 Å². The summed E-state index contributed by atoms with van der Waals surface area (Å²) in [5.74, 6) is 0. The molecule has 0 aliphatic rings. The molecule has 0 bridgehead atoms. The fourth-order valence-electron chi connectivity index (χ4n) is 0. The van der Waals surface area contributed by atoms with Gasteiger partial charge in [-0.3, -0.25) is 0 Å². The van der Waals surface area contributed by atoms with E-state index in [0.29, 0.717) is 0 Å². The molecule has 0 rings (SSSR count). The third kappa shape index (κ3) is 10.8. The topological polar surface area (TPSA) is 20.2 Å². The van der Waals surface area contributed by atoms with Gasteiger partial charge in [0.05, 0.1) is 0 Å². The van der Waals surface area contributed by atoms with Crippen LogP contribution < -0.4 is 18.9 Å². The monoisotopic (exact) mass is 96.1 g/mol. The van der Waals surface area contributed by atoms with Crippen LogP contribution in [0.2, 0.25) is 0 Å². The van der Waals surface area contributed by atoms with Crippen molar-refractivity contribution in [2.45, 2.75) is 20.8 Å². The van der Waals surface area contributed by atoms with Gasteiger partial charge in [0.25, 0.3) is 0 Å².